The molecule has 1 fully saturated rings. The maximum atomic E-state index is 11.9. The third kappa shape index (κ3) is 5.68. The largest absolute Gasteiger partial charge is 0.350 e. The first-order valence-electron chi connectivity index (χ1n) is 9.09. The molecule has 0 bridgehead atoms. The van der Waals surface area contributed by atoms with E-state index in [0.717, 1.165) is 12.1 Å². The maximum absolute atomic E-state index is 11.9. The lowest BCUT2D eigenvalue weighted by Gasteiger charge is -2.26. The number of carbonyl (C=O) groups excluding carboxylic acids is 2. The second-order valence-electron chi connectivity index (χ2n) is 6.59. The van der Waals surface area contributed by atoms with E-state index in [9.17, 15) is 9.59 Å². The number of nitrogens with zero attached hydrogens (tertiary/aromatic N) is 1. The normalized spacial score (nSPS) is 14.8. The summed E-state index contributed by atoms with van der Waals surface area (Å²) in [6, 6.07) is 11.9. The van der Waals surface area contributed by atoms with Gasteiger partial charge in [-0.2, -0.15) is 0 Å². The molecule has 138 valence electrons. The minimum Gasteiger partial charge on any atom is -0.350 e. The summed E-state index contributed by atoms with van der Waals surface area (Å²) in [6.07, 6.45) is 3.95. The number of rotatable bonds is 7. The number of amides is 2. The molecule has 2 amide bonds. The van der Waals surface area contributed by atoms with Crippen molar-refractivity contribution in [1.82, 2.24) is 15.5 Å². The van der Waals surface area contributed by atoms with E-state index >= 15 is 0 Å². The van der Waals surface area contributed by atoms with E-state index in [1.165, 1.54) is 49.3 Å². The number of hydrogen-bond acceptors (Lipinski definition) is 4. The van der Waals surface area contributed by atoms with Gasteiger partial charge in [0.05, 0.1) is 11.4 Å². The fourth-order valence-corrected chi connectivity index (χ4v) is 3.70. The van der Waals surface area contributed by atoms with Crippen molar-refractivity contribution in [3.63, 3.8) is 0 Å². The zero-order chi connectivity index (χ0) is 18.2. The molecule has 26 heavy (non-hydrogen) atoms. The molecule has 0 saturated carbocycles. The van der Waals surface area contributed by atoms with Crippen molar-refractivity contribution in [2.24, 2.45) is 0 Å². The molecule has 6 heteroatoms. The molecule has 0 aliphatic carbocycles. The lowest BCUT2D eigenvalue weighted by atomic mass is 10.1. The van der Waals surface area contributed by atoms with Gasteiger partial charge in [0, 0.05) is 13.1 Å². The highest BCUT2D eigenvalue weighted by molar-refractivity contribution is 7.12. The third-order valence-electron chi connectivity index (χ3n) is 4.52. The van der Waals surface area contributed by atoms with Crippen LogP contribution in [-0.2, 0) is 17.9 Å². The van der Waals surface area contributed by atoms with Crippen LogP contribution < -0.4 is 10.6 Å². The van der Waals surface area contributed by atoms with Crippen LogP contribution in [0.1, 0.15) is 40.1 Å². The van der Waals surface area contributed by atoms with Crippen LogP contribution in [0.4, 0.5) is 0 Å². The summed E-state index contributed by atoms with van der Waals surface area (Å²) in [7, 11) is 0. The van der Waals surface area contributed by atoms with Gasteiger partial charge in [0.1, 0.15) is 0 Å². The van der Waals surface area contributed by atoms with E-state index in [1.54, 1.807) is 6.07 Å². The molecule has 3 rings (SSSR count). The minimum atomic E-state index is -0.211. The summed E-state index contributed by atoms with van der Waals surface area (Å²) in [5.41, 5.74) is 2.37. The predicted molar refractivity (Wildman–Crippen MR) is 104 cm³/mol. The van der Waals surface area contributed by atoms with Gasteiger partial charge in [-0.05, 0) is 48.5 Å². The SMILES string of the molecule is O=C(CNC(=O)c1cccs1)NCc1ccc(CN2CCCCC2)cc1. The van der Waals surface area contributed by atoms with E-state index in [-0.39, 0.29) is 18.4 Å². The van der Waals surface area contributed by atoms with Crippen LogP contribution in [0, 0.1) is 0 Å². The van der Waals surface area contributed by atoms with Gasteiger partial charge in [-0.3, -0.25) is 14.5 Å². The van der Waals surface area contributed by atoms with Gasteiger partial charge >= 0.3 is 0 Å². The number of likely N-dealkylation sites (tertiary alicyclic amines) is 1. The van der Waals surface area contributed by atoms with Crippen molar-refractivity contribution in [3.8, 4) is 0 Å². The first kappa shape index (κ1) is 18.6. The average molecular weight is 372 g/mol. The van der Waals surface area contributed by atoms with Crippen LogP contribution >= 0.6 is 11.3 Å². The van der Waals surface area contributed by atoms with Crippen LogP contribution in [0.2, 0.25) is 0 Å². The summed E-state index contributed by atoms with van der Waals surface area (Å²) >= 11 is 1.36. The van der Waals surface area contributed by atoms with Gasteiger partial charge < -0.3 is 10.6 Å². The Morgan fingerprint density at radius 2 is 1.69 bits per heavy atom. The third-order valence-corrected chi connectivity index (χ3v) is 5.39. The molecule has 0 radical (unpaired) electrons. The van der Waals surface area contributed by atoms with E-state index in [4.69, 9.17) is 0 Å². The number of thiophene rings is 1. The Kier molecular flexibility index (Phi) is 6.80. The van der Waals surface area contributed by atoms with Crippen LogP contribution in [-0.4, -0.2) is 36.3 Å². The van der Waals surface area contributed by atoms with E-state index in [0.29, 0.717) is 11.4 Å². The Balaban J connectivity index is 1.38. The van der Waals surface area contributed by atoms with Gasteiger partial charge in [-0.1, -0.05) is 36.8 Å². The monoisotopic (exact) mass is 371 g/mol. The topological polar surface area (TPSA) is 61.4 Å². The molecule has 2 aromatic rings. The quantitative estimate of drug-likeness (QED) is 0.787. The van der Waals surface area contributed by atoms with Crippen molar-refractivity contribution < 1.29 is 9.59 Å². The average Bonchev–Trinajstić information content (AvgIpc) is 3.21. The number of carbonyl (C=O) groups is 2. The first-order valence-corrected chi connectivity index (χ1v) is 9.97. The van der Waals surface area contributed by atoms with Crippen LogP contribution in [0.3, 0.4) is 0 Å². The molecular weight excluding hydrogens is 346 g/mol. The van der Waals surface area contributed by atoms with Crippen molar-refractivity contribution >= 4 is 23.2 Å². The van der Waals surface area contributed by atoms with E-state index < -0.39 is 0 Å². The molecule has 5 nitrogen and oxygen atoms in total. The number of benzene rings is 1. The highest BCUT2D eigenvalue weighted by Crippen LogP contribution is 2.13. The maximum Gasteiger partial charge on any atom is 0.261 e. The number of hydrogen-bond donors (Lipinski definition) is 2. The van der Waals surface area contributed by atoms with Gasteiger partial charge in [0.2, 0.25) is 5.91 Å². The summed E-state index contributed by atoms with van der Waals surface area (Å²) in [5, 5.41) is 7.31. The summed E-state index contributed by atoms with van der Waals surface area (Å²) in [5.74, 6) is -0.399. The Morgan fingerprint density at radius 3 is 2.38 bits per heavy atom. The standard InChI is InChI=1S/C20H25N3O2S/c24-19(14-22-20(25)18-5-4-12-26-18)21-13-16-6-8-17(9-7-16)15-23-10-2-1-3-11-23/h4-9,12H,1-3,10-11,13-15H2,(H,21,24)(H,22,25). The summed E-state index contributed by atoms with van der Waals surface area (Å²) in [6.45, 7) is 3.84. The summed E-state index contributed by atoms with van der Waals surface area (Å²) < 4.78 is 0. The Labute approximate surface area is 158 Å². The molecule has 1 aromatic carbocycles. The molecule has 1 aromatic heterocycles. The van der Waals surface area contributed by atoms with E-state index in [2.05, 4.69) is 39.8 Å². The Morgan fingerprint density at radius 1 is 0.962 bits per heavy atom. The second-order valence-corrected chi connectivity index (χ2v) is 7.54. The van der Waals surface area contributed by atoms with Gasteiger partial charge in [0.15, 0.2) is 0 Å². The summed E-state index contributed by atoms with van der Waals surface area (Å²) in [4.78, 5) is 26.8. The van der Waals surface area contributed by atoms with Gasteiger partial charge in [-0.15, -0.1) is 11.3 Å². The highest BCUT2D eigenvalue weighted by atomic mass is 32.1. The lowest BCUT2D eigenvalue weighted by Crippen LogP contribution is -2.36. The van der Waals surface area contributed by atoms with Gasteiger partial charge in [-0.25, -0.2) is 0 Å². The molecule has 1 aliphatic rings. The zero-order valence-corrected chi connectivity index (χ0v) is 15.7. The van der Waals surface area contributed by atoms with Gasteiger partial charge in [0.25, 0.3) is 5.91 Å². The second kappa shape index (κ2) is 9.50. The predicted octanol–water partition coefficient (Wildman–Crippen LogP) is 2.78. The van der Waals surface area contributed by atoms with E-state index in [1.807, 2.05) is 11.4 Å². The smallest absolute Gasteiger partial charge is 0.261 e. The molecular formula is C20H25N3O2S. The molecule has 0 unspecified atom stereocenters. The molecule has 2 N–H and O–H groups in total. The highest BCUT2D eigenvalue weighted by Gasteiger charge is 2.11. The zero-order valence-electron chi connectivity index (χ0n) is 14.9. The molecule has 1 saturated heterocycles. The fourth-order valence-electron chi connectivity index (χ4n) is 3.06. The minimum absolute atomic E-state index is 0.0101. The van der Waals surface area contributed by atoms with Crippen LogP contribution in [0.5, 0.6) is 0 Å². The molecule has 0 spiro atoms. The first-order chi connectivity index (χ1) is 12.7. The molecule has 0 atom stereocenters. The molecule has 2 heterocycles. The van der Waals surface area contributed by atoms with Crippen molar-refractivity contribution in [1.29, 1.82) is 0 Å². The van der Waals surface area contributed by atoms with Crippen molar-refractivity contribution in [2.75, 3.05) is 19.6 Å². The number of nitrogens with one attached hydrogen (secondary N) is 2. The fraction of sp³-hybridized carbons (Fsp3) is 0.400. The van der Waals surface area contributed by atoms with Crippen molar-refractivity contribution in [2.45, 2.75) is 32.4 Å². The molecule has 1 aliphatic heterocycles. The number of piperidine rings is 1. The van der Waals surface area contributed by atoms with Crippen molar-refractivity contribution in [3.05, 3.63) is 57.8 Å². The van der Waals surface area contributed by atoms with Crippen LogP contribution in [0.25, 0.3) is 0 Å². The van der Waals surface area contributed by atoms with Crippen LogP contribution in [0.15, 0.2) is 41.8 Å². The Bertz CT molecular complexity index is 707. The lowest BCUT2D eigenvalue weighted by molar-refractivity contribution is -0.120. The Hall–Kier alpha value is -2.18.